The van der Waals surface area contributed by atoms with Gasteiger partial charge in [-0.1, -0.05) is 0 Å². The molecule has 1 amide bonds. The number of hydrogen-bond acceptors (Lipinski definition) is 4. The molecule has 0 aromatic heterocycles. The summed E-state index contributed by atoms with van der Waals surface area (Å²) in [5.41, 5.74) is 0.125. The van der Waals surface area contributed by atoms with Crippen molar-refractivity contribution in [1.82, 2.24) is 0 Å². The fourth-order valence-electron chi connectivity index (χ4n) is 2.17. The number of rotatable bonds is 5. The van der Waals surface area contributed by atoms with Crippen molar-refractivity contribution in [2.24, 2.45) is 0 Å². The van der Waals surface area contributed by atoms with Crippen molar-refractivity contribution in [3.05, 3.63) is 23.8 Å². The van der Waals surface area contributed by atoms with Crippen LogP contribution in [0.15, 0.2) is 18.2 Å². The number of phenols is 1. The van der Waals surface area contributed by atoms with Crippen LogP contribution in [0.2, 0.25) is 0 Å². The number of aromatic hydroxyl groups is 1. The zero-order valence-corrected chi connectivity index (χ0v) is 11.0. The average Bonchev–Trinajstić information content (AvgIpc) is 2.91. The van der Waals surface area contributed by atoms with E-state index in [9.17, 15) is 14.7 Å². The van der Waals surface area contributed by atoms with E-state index in [0.29, 0.717) is 18.5 Å². The first kappa shape index (κ1) is 14.3. The number of ether oxygens (including phenoxy) is 1. The summed E-state index contributed by atoms with van der Waals surface area (Å²) in [5, 5.41) is 20.9. The van der Waals surface area contributed by atoms with Gasteiger partial charge in [0, 0.05) is 18.7 Å². The molecule has 6 heteroatoms. The van der Waals surface area contributed by atoms with E-state index in [2.05, 4.69) is 5.32 Å². The molecule has 1 atom stereocenters. The minimum Gasteiger partial charge on any atom is -0.507 e. The highest BCUT2D eigenvalue weighted by molar-refractivity contribution is 5.95. The number of carboxylic acid groups (broad SMARTS) is 1. The van der Waals surface area contributed by atoms with E-state index in [4.69, 9.17) is 9.84 Å². The summed E-state index contributed by atoms with van der Waals surface area (Å²) in [6.45, 7) is 0.756. The number of hydrogen-bond donors (Lipinski definition) is 3. The first-order valence-corrected chi connectivity index (χ1v) is 6.54. The van der Waals surface area contributed by atoms with Crippen LogP contribution in [0.4, 0.5) is 5.69 Å². The number of anilines is 1. The topological polar surface area (TPSA) is 95.9 Å². The predicted molar refractivity (Wildman–Crippen MR) is 71.9 cm³/mol. The maximum atomic E-state index is 11.8. The van der Waals surface area contributed by atoms with Gasteiger partial charge in [-0.25, -0.2) is 4.79 Å². The van der Waals surface area contributed by atoms with Gasteiger partial charge in [0.2, 0.25) is 5.91 Å². The summed E-state index contributed by atoms with van der Waals surface area (Å²) >= 11 is 0. The molecule has 1 fully saturated rings. The molecule has 2 rings (SSSR count). The molecule has 1 aliphatic rings. The lowest BCUT2D eigenvalue weighted by Crippen LogP contribution is -2.15. The van der Waals surface area contributed by atoms with E-state index in [-0.39, 0.29) is 23.3 Å². The highest BCUT2D eigenvalue weighted by Gasteiger charge is 2.17. The number of nitrogens with one attached hydrogen (secondary N) is 1. The molecule has 0 radical (unpaired) electrons. The molecule has 1 saturated heterocycles. The second-order valence-electron chi connectivity index (χ2n) is 4.76. The molecule has 0 bridgehead atoms. The normalized spacial score (nSPS) is 17.9. The monoisotopic (exact) mass is 279 g/mol. The number of carboxylic acids is 1. The molecule has 0 saturated carbocycles. The van der Waals surface area contributed by atoms with E-state index >= 15 is 0 Å². The first-order chi connectivity index (χ1) is 9.56. The number of aromatic carboxylic acids is 1. The molecular formula is C14H17NO5. The maximum Gasteiger partial charge on any atom is 0.339 e. The van der Waals surface area contributed by atoms with Crippen LogP contribution in [0, 0.1) is 0 Å². The largest absolute Gasteiger partial charge is 0.507 e. The van der Waals surface area contributed by atoms with E-state index < -0.39 is 5.97 Å². The molecule has 3 N–H and O–H groups in total. The summed E-state index contributed by atoms with van der Waals surface area (Å²) in [7, 11) is 0. The van der Waals surface area contributed by atoms with Crippen LogP contribution in [-0.2, 0) is 9.53 Å². The van der Waals surface area contributed by atoms with Crippen molar-refractivity contribution in [3.63, 3.8) is 0 Å². The van der Waals surface area contributed by atoms with Gasteiger partial charge >= 0.3 is 5.97 Å². The second-order valence-corrected chi connectivity index (χ2v) is 4.76. The Bertz CT molecular complexity index is 508. The highest BCUT2D eigenvalue weighted by Crippen LogP contribution is 2.22. The third kappa shape index (κ3) is 3.71. The summed E-state index contributed by atoms with van der Waals surface area (Å²) in [4.78, 5) is 22.6. The molecule has 1 heterocycles. The minimum absolute atomic E-state index is 0.148. The molecule has 0 aliphatic carbocycles. The Morgan fingerprint density at radius 1 is 1.40 bits per heavy atom. The van der Waals surface area contributed by atoms with Crippen LogP contribution < -0.4 is 5.32 Å². The van der Waals surface area contributed by atoms with Crippen molar-refractivity contribution in [2.45, 2.75) is 31.8 Å². The summed E-state index contributed by atoms with van der Waals surface area (Å²) in [6, 6.07) is 3.95. The van der Waals surface area contributed by atoms with Gasteiger partial charge in [-0.2, -0.15) is 0 Å². The zero-order chi connectivity index (χ0) is 14.5. The van der Waals surface area contributed by atoms with Crippen molar-refractivity contribution in [2.75, 3.05) is 11.9 Å². The molecule has 108 valence electrons. The SMILES string of the molecule is O=C(CC[C@H]1CCCO1)Nc1ccc(O)c(C(=O)O)c1. The number of benzene rings is 1. The highest BCUT2D eigenvalue weighted by atomic mass is 16.5. The first-order valence-electron chi connectivity index (χ1n) is 6.54. The molecule has 6 nitrogen and oxygen atoms in total. The van der Waals surface area contributed by atoms with Crippen LogP contribution in [0.1, 0.15) is 36.0 Å². The van der Waals surface area contributed by atoms with Gasteiger partial charge in [-0.05, 0) is 37.5 Å². The molecule has 0 spiro atoms. The van der Waals surface area contributed by atoms with E-state index in [1.165, 1.54) is 18.2 Å². The Morgan fingerprint density at radius 3 is 2.85 bits per heavy atom. The third-order valence-electron chi connectivity index (χ3n) is 3.23. The number of amides is 1. The lowest BCUT2D eigenvalue weighted by atomic mass is 10.1. The lowest BCUT2D eigenvalue weighted by Gasteiger charge is -2.10. The Labute approximate surface area is 116 Å². The van der Waals surface area contributed by atoms with Gasteiger partial charge in [0.15, 0.2) is 0 Å². The van der Waals surface area contributed by atoms with Gasteiger partial charge in [-0.3, -0.25) is 4.79 Å². The third-order valence-corrected chi connectivity index (χ3v) is 3.23. The molecule has 1 aromatic carbocycles. The van der Waals surface area contributed by atoms with Crippen molar-refractivity contribution in [3.8, 4) is 5.75 Å². The standard InChI is InChI=1S/C14H17NO5/c16-12-5-3-9(8-11(12)14(18)19)15-13(17)6-4-10-2-1-7-20-10/h3,5,8,10,16H,1-2,4,6-7H2,(H,15,17)(H,18,19)/t10-/m1/s1. The van der Waals surface area contributed by atoms with E-state index in [0.717, 1.165) is 19.4 Å². The Kier molecular flexibility index (Phi) is 4.57. The van der Waals surface area contributed by atoms with E-state index in [1.54, 1.807) is 0 Å². The van der Waals surface area contributed by atoms with Gasteiger partial charge in [0.1, 0.15) is 11.3 Å². The zero-order valence-electron chi connectivity index (χ0n) is 11.0. The summed E-state index contributed by atoms with van der Waals surface area (Å²) in [5.74, 6) is -1.75. The Balaban J connectivity index is 1.90. The summed E-state index contributed by atoms with van der Waals surface area (Å²) < 4.78 is 5.43. The second kappa shape index (κ2) is 6.38. The van der Waals surface area contributed by atoms with Gasteiger partial charge < -0.3 is 20.3 Å². The molecule has 20 heavy (non-hydrogen) atoms. The Morgan fingerprint density at radius 2 is 2.20 bits per heavy atom. The van der Waals surface area contributed by atoms with E-state index in [1.807, 2.05) is 0 Å². The fourth-order valence-corrected chi connectivity index (χ4v) is 2.17. The van der Waals surface area contributed by atoms with Crippen molar-refractivity contribution < 1.29 is 24.5 Å². The lowest BCUT2D eigenvalue weighted by molar-refractivity contribution is -0.116. The quantitative estimate of drug-likeness (QED) is 0.716. The molecule has 1 aliphatic heterocycles. The number of carbonyl (C=O) groups is 2. The summed E-state index contributed by atoms with van der Waals surface area (Å²) in [6.07, 6.45) is 3.15. The maximum absolute atomic E-state index is 11.8. The predicted octanol–water partition coefficient (Wildman–Crippen LogP) is 1.99. The smallest absolute Gasteiger partial charge is 0.339 e. The van der Waals surface area contributed by atoms with Crippen LogP contribution in [0.5, 0.6) is 5.75 Å². The fraction of sp³-hybridized carbons (Fsp3) is 0.429. The van der Waals surface area contributed by atoms with Crippen LogP contribution in [-0.4, -0.2) is 34.8 Å². The number of carbonyl (C=O) groups excluding carboxylic acids is 1. The van der Waals surface area contributed by atoms with Crippen LogP contribution >= 0.6 is 0 Å². The van der Waals surface area contributed by atoms with Gasteiger partial charge in [0.05, 0.1) is 6.10 Å². The average molecular weight is 279 g/mol. The van der Waals surface area contributed by atoms with Crippen molar-refractivity contribution in [1.29, 1.82) is 0 Å². The van der Waals surface area contributed by atoms with Crippen molar-refractivity contribution >= 4 is 17.6 Å². The molecule has 1 aromatic rings. The molecular weight excluding hydrogens is 262 g/mol. The molecule has 0 unspecified atom stereocenters. The van der Waals surface area contributed by atoms with Gasteiger partial charge in [-0.15, -0.1) is 0 Å². The van der Waals surface area contributed by atoms with Crippen LogP contribution in [0.25, 0.3) is 0 Å². The minimum atomic E-state index is -1.24. The van der Waals surface area contributed by atoms with Gasteiger partial charge in [0.25, 0.3) is 0 Å². The Hall–Kier alpha value is -2.08. The van der Waals surface area contributed by atoms with Crippen LogP contribution in [0.3, 0.4) is 0 Å².